The van der Waals surface area contributed by atoms with Gasteiger partial charge in [-0.1, -0.05) is 0 Å². The molecular formula is C13H22N2O2. The molecule has 0 aliphatic carbocycles. The van der Waals surface area contributed by atoms with Crippen molar-refractivity contribution in [2.75, 3.05) is 39.4 Å². The van der Waals surface area contributed by atoms with Crippen molar-refractivity contribution in [2.45, 2.75) is 19.3 Å². The summed E-state index contributed by atoms with van der Waals surface area (Å²) in [6.45, 7) is 5.64. The predicted octanol–water partition coefficient (Wildman–Crippen LogP) is 0.481. The van der Waals surface area contributed by atoms with Crippen molar-refractivity contribution in [3.8, 4) is 0 Å². The van der Waals surface area contributed by atoms with Crippen LogP contribution in [0.1, 0.15) is 19.3 Å². The van der Waals surface area contributed by atoms with Crippen LogP contribution in [0.5, 0.6) is 0 Å². The van der Waals surface area contributed by atoms with Crippen molar-refractivity contribution in [1.82, 2.24) is 10.2 Å². The minimum Gasteiger partial charge on any atom is -0.381 e. The zero-order chi connectivity index (χ0) is 11.7. The Kier molecular flexibility index (Phi) is 3.34. The van der Waals surface area contributed by atoms with Crippen LogP contribution < -0.4 is 5.32 Å². The second-order valence-corrected chi connectivity index (χ2v) is 5.67. The Morgan fingerprint density at radius 1 is 1.24 bits per heavy atom. The summed E-state index contributed by atoms with van der Waals surface area (Å²) in [4.78, 5) is 14.5. The van der Waals surface area contributed by atoms with Crippen LogP contribution in [0.15, 0.2) is 0 Å². The first kappa shape index (κ1) is 11.5. The molecule has 3 rings (SSSR count). The van der Waals surface area contributed by atoms with Gasteiger partial charge in [0, 0.05) is 19.7 Å². The second kappa shape index (κ2) is 4.94. The molecule has 3 unspecified atom stereocenters. The van der Waals surface area contributed by atoms with E-state index in [1.807, 2.05) is 0 Å². The number of carbonyl (C=O) groups excluding carboxylic acids is 1. The summed E-state index contributed by atoms with van der Waals surface area (Å²) < 4.78 is 5.42. The summed E-state index contributed by atoms with van der Waals surface area (Å²) in [5.41, 5.74) is 0. The molecule has 1 amide bonds. The lowest BCUT2D eigenvalue weighted by Crippen LogP contribution is -2.47. The maximum absolute atomic E-state index is 12.4. The summed E-state index contributed by atoms with van der Waals surface area (Å²) in [6, 6.07) is 0. The molecule has 3 atom stereocenters. The lowest BCUT2D eigenvalue weighted by atomic mass is 9.87. The van der Waals surface area contributed by atoms with E-state index in [0.717, 1.165) is 51.5 Å². The monoisotopic (exact) mass is 238 g/mol. The molecule has 3 heterocycles. The molecule has 1 N–H and O–H groups in total. The number of amides is 1. The van der Waals surface area contributed by atoms with Gasteiger partial charge in [-0.15, -0.1) is 0 Å². The fourth-order valence-electron chi connectivity index (χ4n) is 3.43. The van der Waals surface area contributed by atoms with Crippen molar-refractivity contribution in [3.63, 3.8) is 0 Å². The summed E-state index contributed by atoms with van der Waals surface area (Å²) in [6.07, 6.45) is 3.23. The average molecular weight is 238 g/mol. The maximum Gasteiger partial charge on any atom is 0.228 e. The third-order valence-electron chi connectivity index (χ3n) is 4.53. The summed E-state index contributed by atoms with van der Waals surface area (Å²) in [7, 11) is 0. The topological polar surface area (TPSA) is 41.6 Å². The summed E-state index contributed by atoms with van der Waals surface area (Å²) in [5, 5.41) is 3.44. The number of nitrogens with one attached hydrogen (secondary N) is 1. The number of likely N-dealkylation sites (tertiary alicyclic amines) is 1. The Morgan fingerprint density at radius 3 is 2.94 bits per heavy atom. The number of nitrogens with zero attached hydrogens (tertiary/aromatic N) is 1. The molecule has 3 aliphatic rings. The number of hydrogen-bond donors (Lipinski definition) is 1. The van der Waals surface area contributed by atoms with Crippen molar-refractivity contribution in [3.05, 3.63) is 0 Å². The lowest BCUT2D eigenvalue weighted by Gasteiger charge is -2.37. The van der Waals surface area contributed by atoms with Gasteiger partial charge in [0.25, 0.3) is 0 Å². The van der Waals surface area contributed by atoms with E-state index in [-0.39, 0.29) is 5.92 Å². The molecule has 0 spiro atoms. The van der Waals surface area contributed by atoms with Gasteiger partial charge in [-0.05, 0) is 44.2 Å². The second-order valence-electron chi connectivity index (χ2n) is 5.67. The molecule has 0 aromatic rings. The van der Waals surface area contributed by atoms with Gasteiger partial charge in [-0.3, -0.25) is 4.79 Å². The number of hydrogen-bond acceptors (Lipinski definition) is 3. The van der Waals surface area contributed by atoms with E-state index in [2.05, 4.69) is 10.2 Å². The van der Waals surface area contributed by atoms with E-state index in [4.69, 9.17) is 4.74 Å². The van der Waals surface area contributed by atoms with Gasteiger partial charge in [-0.2, -0.15) is 0 Å². The van der Waals surface area contributed by atoms with Crippen LogP contribution in [0.2, 0.25) is 0 Å². The minimum atomic E-state index is 0.134. The van der Waals surface area contributed by atoms with Gasteiger partial charge < -0.3 is 15.0 Å². The van der Waals surface area contributed by atoms with Crippen LogP contribution >= 0.6 is 0 Å². The number of fused-ring (bicyclic) bond motifs is 1. The van der Waals surface area contributed by atoms with E-state index >= 15 is 0 Å². The van der Waals surface area contributed by atoms with E-state index in [0.29, 0.717) is 18.4 Å². The number of piperidine rings is 1. The molecule has 0 aromatic heterocycles. The Labute approximate surface area is 103 Å². The molecule has 0 saturated carbocycles. The van der Waals surface area contributed by atoms with Crippen LogP contribution in [0, 0.1) is 17.8 Å². The third kappa shape index (κ3) is 2.33. The third-order valence-corrected chi connectivity index (χ3v) is 4.53. The fraction of sp³-hybridized carbons (Fsp3) is 0.923. The highest BCUT2D eigenvalue weighted by Gasteiger charge is 2.36. The number of carbonyl (C=O) groups is 1. The summed E-state index contributed by atoms with van der Waals surface area (Å²) >= 11 is 0. The smallest absolute Gasteiger partial charge is 0.228 e. The van der Waals surface area contributed by atoms with E-state index in [1.165, 1.54) is 6.42 Å². The Bertz CT molecular complexity index is 289. The highest BCUT2D eigenvalue weighted by atomic mass is 16.5. The molecule has 17 heavy (non-hydrogen) atoms. The molecule has 0 aromatic carbocycles. The van der Waals surface area contributed by atoms with Crippen LogP contribution in [0.3, 0.4) is 0 Å². The first-order valence-electron chi connectivity index (χ1n) is 6.92. The zero-order valence-corrected chi connectivity index (χ0v) is 10.4. The summed E-state index contributed by atoms with van der Waals surface area (Å²) in [5.74, 6) is 1.98. The van der Waals surface area contributed by atoms with Gasteiger partial charge in [0.05, 0.1) is 12.5 Å². The first-order valence-corrected chi connectivity index (χ1v) is 6.92. The van der Waals surface area contributed by atoms with Gasteiger partial charge in [0.15, 0.2) is 0 Å². The van der Waals surface area contributed by atoms with Crippen molar-refractivity contribution in [2.24, 2.45) is 17.8 Å². The van der Waals surface area contributed by atoms with Crippen molar-refractivity contribution in [1.29, 1.82) is 0 Å². The predicted molar refractivity (Wildman–Crippen MR) is 64.6 cm³/mol. The van der Waals surface area contributed by atoms with Gasteiger partial charge in [0.1, 0.15) is 0 Å². The van der Waals surface area contributed by atoms with Crippen molar-refractivity contribution >= 4 is 5.91 Å². The molecule has 4 nitrogen and oxygen atoms in total. The molecule has 3 fully saturated rings. The Balaban J connectivity index is 1.58. The number of rotatable bonds is 1. The molecule has 0 bridgehead atoms. The molecular weight excluding hydrogens is 216 g/mol. The molecule has 3 saturated heterocycles. The molecule has 3 aliphatic heterocycles. The van der Waals surface area contributed by atoms with Crippen LogP contribution in [0.25, 0.3) is 0 Å². The van der Waals surface area contributed by atoms with E-state index < -0.39 is 0 Å². The SMILES string of the molecule is O=C(C1CCCOC1)N1CCC2CNCC2C1. The van der Waals surface area contributed by atoms with Gasteiger partial charge in [-0.25, -0.2) is 0 Å². The molecule has 0 radical (unpaired) electrons. The Morgan fingerprint density at radius 2 is 2.12 bits per heavy atom. The Hall–Kier alpha value is -0.610. The van der Waals surface area contributed by atoms with Crippen molar-refractivity contribution < 1.29 is 9.53 Å². The highest BCUT2D eigenvalue weighted by Crippen LogP contribution is 2.28. The largest absolute Gasteiger partial charge is 0.381 e. The van der Waals surface area contributed by atoms with E-state index in [1.54, 1.807) is 0 Å². The van der Waals surface area contributed by atoms with Crippen LogP contribution in [-0.4, -0.2) is 50.2 Å². The number of ether oxygens (including phenoxy) is 1. The normalized spacial score (nSPS) is 37.9. The first-order chi connectivity index (χ1) is 8.34. The van der Waals surface area contributed by atoms with Gasteiger partial charge in [0.2, 0.25) is 5.91 Å². The fourth-order valence-corrected chi connectivity index (χ4v) is 3.43. The zero-order valence-electron chi connectivity index (χ0n) is 10.4. The highest BCUT2D eigenvalue weighted by molar-refractivity contribution is 5.79. The van der Waals surface area contributed by atoms with Crippen LogP contribution in [0.4, 0.5) is 0 Å². The minimum absolute atomic E-state index is 0.134. The average Bonchev–Trinajstić information content (AvgIpc) is 2.86. The molecule has 96 valence electrons. The van der Waals surface area contributed by atoms with Crippen LogP contribution in [-0.2, 0) is 9.53 Å². The van der Waals surface area contributed by atoms with Gasteiger partial charge >= 0.3 is 0 Å². The lowest BCUT2D eigenvalue weighted by molar-refractivity contribution is -0.142. The molecule has 4 heteroatoms. The van der Waals surface area contributed by atoms with E-state index in [9.17, 15) is 4.79 Å². The standard InChI is InChI=1S/C13H22N2O2/c16-13(11-2-1-5-17-9-11)15-4-3-10-6-14-7-12(10)8-15/h10-12,14H,1-9H2. The maximum atomic E-state index is 12.4. The quantitative estimate of drug-likeness (QED) is 0.722.